The van der Waals surface area contributed by atoms with E-state index in [-0.39, 0.29) is 5.56 Å². The molecule has 3 aromatic carbocycles. The molecule has 3 nitrogen and oxygen atoms in total. The second kappa shape index (κ2) is 6.94. The van der Waals surface area contributed by atoms with Crippen LogP contribution in [-0.4, -0.2) is 15.6 Å². The summed E-state index contributed by atoms with van der Waals surface area (Å²) < 4.78 is 2.18. The van der Waals surface area contributed by atoms with E-state index in [2.05, 4.69) is 34.9 Å². The van der Waals surface area contributed by atoms with E-state index in [1.54, 1.807) is 18.2 Å². The SMILES string of the molecule is O=C(O)c1cccc(-n2c(-c3cccc(Cl)c3)cc3c2CCc2ccccc2-3)c1. The van der Waals surface area contributed by atoms with Gasteiger partial charge in [0.05, 0.1) is 11.3 Å². The summed E-state index contributed by atoms with van der Waals surface area (Å²) in [7, 11) is 0. The summed E-state index contributed by atoms with van der Waals surface area (Å²) in [6.45, 7) is 0. The molecule has 0 saturated heterocycles. The summed E-state index contributed by atoms with van der Waals surface area (Å²) in [5, 5.41) is 10.1. The first-order chi connectivity index (χ1) is 14.1. The Kier molecular flexibility index (Phi) is 4.26. The number of halogens is 1. The number of carboxylic acids is 1. The lowest BCUT2D eigenvalue weighted by atomic mass is 9.90. The van der Waals surface area contributed by atoms with E-state index < -0.39 is 5.97 Å². The van der Waals surface area contributed by atoms with Crippen LogP contribution in [0, 0.1) is 0 Å². The first kappa shape index (κ1) is 17.8. The van der Waals surface area contributed by atoms with Crippen molar-refractivity contribution in [3.63, 3.8) is 0 Å². The smallest absolute Gasteiger partial charge is 0.335 e. The van der Waals surface area contributed by atoms with Crippen LogP contribution in [0.3, 0.4) is 0 Å². The summed E-state index contributed by atoms with van der Waals surface area (Å²) >= 11 is 6.28. The molecule has 0 aliphatic heterocycles. The Morgan fingerprint density at radius 1 is 0.862 bits per heavy atom. The van der Waals surface area contributed by atoms with Crippen molar-refractivity contribution in [2.45, 2.75) is 12.8 Å². The van der Waals surface area contributed by atoms with E-state index in [1.165, 1.54) is 22.4 Å². The second-order valence-corrected chi connectivity index (χ2v) is 7.68. The van der Waals surface area contributed by atoms with Crippen molar-refractivity contribution in [2.24, 2.45) is 0 Å². The first-order valence-electron chi connectivity index (χ1n) is 9.54. The number of hydrogen-bond acceptors (Lipinski definition) is 1. The van der Waals surface area contributed by atoms with Crippen LogP contribution in [0.25, 0.3) is 28.1 Å². The minimum Gasteiger partial charge on any atom is -0.478 e. The molecule has 0 radical (unpaired) electrons. The molecule has 4 heteroatoms. The third-order valence-electron chi connectivity index (χ3n) is 5.51. The molecule has 0 fully saturated rings. The zero-order chi connectivity index (χ0) is 20.0. The van der Waals surface area contributed by atoms with E-state index in [4.69, 9.17) is 11.6 Å². The highest BCUT2D eigenvalue weighted by Crippen LogP contribution is 2.40. The molecule has 1 heterocycles. The van der Waals surface area contributed by atoms with Gasteiger partial charge in [-0.2, -0.15) is 0 Å². The van der Waals surface area contributed by atoms with Gasteiger partial charge in [0.2, 0.25) is 0 Å². The number of rotatable bonds is 3. The van der Waals surface area contributed by atoms with Crippen LogP contribution in [0.2, 0.25) is 5.02 Å². The second-order valence-electron chi connectivity index (χ2n) is 7.25. The fourth-order valence-electron chi connectivity index (χ4n) is 4.22. The molecule has 0 amide bonds. The molecule has 0 unspecified atom stereocenters. The normalized spacial score (nSPS) is 12.3. The summed E-state index contributed by atoms with van der Waals surface area (Å²) in [6, 6.07) is 25.6. The molecular weight excluding hydrogens is 382 g/mol. The van der Waals surface area contributed by atoms with Crippen molar-refractivity contribution >= 4 is 17.6 Å². The number of aromatic carboxylic acids is 1. The summed E-state index contributed by atoms with van der Waals surface area (Å²) in [4.78, 5) is 11.5. The molecule has 0 bridgehead atoms. The van der Waals surface area contributed by atoms with Gasteiger partial charge in [0.15, 0.2) is 0 Å². The standard InChI is InChI=1S/C25H18ClNO2/c26-19-8-3-6-17(13-19)24-15-22-21-10-2-1-5-16(21)11-12-23(22)27(24)20-9-4-7-18(14-20)25(28)29/h1-10,13-15H,11-12H2,(H,28,29). The Labute approximate surface area is 173 Å². The number of hydrogen-bond donors (Lipinski definition) is 1. The fraction of sp³-hybridized carbons (Fsp3) is 0.0800. The topological polar surface area (TPSA) is 42.2 Å². The van der Waals surface area contributed by atoms with Crippen molar-refractivity contribution in [1.82, 2.24) is 4.57 Å². The quantitative estimate of drug-likeness (QED) is 0.441. The lowest BCUT2D eigenvalue weighted by Gasteiger charge is -2.20. The van der Waals surface area contributed by atoms with Crippen LogP contribution in [-0.2, 0) is 12.8 Å². The molecule has 142 valence electrons. The van der Waals surface area contributed by atoms with Crippen molar-refractivity contribution in [2.75, 3.05) is 0 Å². The van der Waals surface area contributed by atoms with Crippen molar-refractivity contribution < 1.29 is 9.90 Å². The highest BCUT2D eigenvalue weighted by Gasteiger charge is 2.24. The van der Waals surface area contributed by atoms with Crippen molar-refractivity contribution in [3.05, 3.63) is 101 Å². The van der Waals surface area contributed by atoms with Gasteiger partial charge in [-0.05, 0) is 65.9 Å². The predicted molar refractivity (Wildman–Crippen MR) is 116 cm³/mol. The Morgan fingerprint density at radius 2 is 1.69 bits per heavy atom. The molecule has 0 saturated carbocycles. The molecular formula is C25H18ClNO2. The maximum atomic E-state index is 11.5. The van der Waals surface area contributed by atoms with Gasteiger partial charge in [-0.3, -0.25) is 0 Å². The van der Waals surface area contributed by atoms with Gasteiger partial charge in [-0.15, -0.1) is 0 Å². The molecule has 0 atom stereocenters. The van der Waals surface area contributed by atoms with Crippen molar-refractivity contribution in [3.8, 4) is 28.1 Å². The minimum atomic E-state index is -0.928. The Morgan fingerprint density at radius 3 is 2.52 bits per heavy atom. The Hall–Kier alpha value is -3.30. The van der Waals surface area contributed by atoms with Gasteiger partial charge in [-0.25, -0.2) is 4.79 Å². The van der Waals surface area contributed by atoms with E-state index in [9.17, 15) is 9.90 Å². The van der Waals surface area contributed by atoms with Gasteiger partial charge >= 0.3 is 5.97 Å². The van der Waals surface area contributed by atoms with E-state index in [0.29, 0.717) is 5.02 Å². The fourth-order valence-corrected chi connectivity index (χ4v) is 4.41. The van der Waals surface area contributed by atoms with E-state index in [1.807, 2.05) is 30.3 Å². The molecule has 4 aromatic rings. The maximum Gasteiger partial charge on any atom is 0.335 e. The largest absolute Gasteiger partial charge is 0.478 e. The number of carboxylic acid groups (broad SMARTS) is 1. The molecule has 0 spiro atoms. The number of carbonyl (C=O) groups is 1. The average Bonchev–Trinajstić information content (AvgIpc) is 3.14. The van der Waals surface area contributed by atoms with Crippen LogP contribution >= 0.6 is 11.6 Å². The average molecular weight is 400 g/mol. The predicted octanol–water partition coefficient (Wildman–Crippen LogP) is 6.26. The summed E-state index contributed by atoms with van der Waals surface area (Å²) in [6.07, 6.45) is 1.85. The molecule has 29 heavy (non-hydrogen) atoms. The van der Waals surface area contributed by atoms with Gasteiger partial charge < -0.3 is 9.67 Å². The molecule has 1 aromatic heterocycles. The molecule has 1 aliphatic carbocycles. The van der Waals surface area contributed by atoms with Crippen LogP contribution in [0.1, 0.15) is 21.6 Å². The number of nitrogens with zero attached hydrogens (tertiary/aromatic N) is 1. The molecule has 1 N–H and O–H groups in total. The van der Waals surface area contributed by atoms with Crippen LogP contribution in [0.5, 0.6) is 0 Å². The number of fused-ring (bicyclic) bond motifs is 3. The van der Waals surface area contributed by atoms with Gasteiger partial charge in [0.1, 0.15) is 0 Å². The maximum absolute atomic E-state index is 11.5. The Bertz CT molecular complexity index is 1260. The molecule has 5 rings (SSSR count). The monoisotopic (exact) mass is 399 g/mol. The van der Waals surface area contributed by atoms with Gasteiger partial charge in [-0.1, -0.05) is 54.1 Å². The summed E-state index contributed by atoms with van der Waals surface area (Å²) in [5.74, 6) is -0.928. The molecule has 1 aliphatic rings. The highest BCUT2D eigenvalue weighted by molar-refractivity contribution is 6.30. The highest BCUT2D eigenvalue weighted by atomic mass is 35.5. The van der Waals surface area contributed by atoms with Gasteiger partial charge in [0, 0.05) is 22.0 Å². The Balaban J connectivity index is 1.81. The third-order valence-corrected chi connectivity index (χ3v) is 5.75. The summed E-state index contributed by atoms with van der Waals surface area (Å²) in [5.41, 5.74) is 8.11. The van der Waals surface area contributed by atoms with E-state index in [0.717, 1.165) is 29.8 Å². The number of aryl methyl sites for hydroxylation is 1. The zero-order valence-corrected chi connectivity index (χ0v) is 16.4. The lowest BCUT2D eigenvalue weighted by Crippen LogP contribution is -2.09. The van der Waals surface area contributed by atoms with Crippen LogP contribution in [0.15, 0.2) is 78.9 Å². The number of benzene rings is 3. The minimum absolute atomic E-state index is 0.276. The number of aromatic nitrogens is 1. The van der Waals surface area contributed by atoms with E-state index >= 15 is 0 Å². The van der Waals surface area contributed by atoms with Crippen LogP contribution in [0.4, 0.5) is 0 Å². The lowest BCUT2D eigenvalue weighted by molar-refractivity contribution is 0.0697. The van der Waals surface area contributed by atoms with Crippen molar-refractivity contribution in [1.29, 1.82) is 0 Å². The zero-order valence-electron chi connectivity index (χ0n) is 15.6. The van der Waals surface area contributed by atoms with Gasteiger partial charge in [0.25, 0.3) is 0 Å². The first-order valence-corrected chi connectivity index (χ1v) is 9.92. The van der Waals surface area contributed by atoms with Crippen LogP contribution < -0.4 is 0 Å². The third kappa shape index (κ3) is 3.04.